The monoisotopic (exact) mass is 296 g/mol. The van der Waals surface area contributed by atoms with E-state index in [-0.39, 0.29) is 0 Å². The Balaban J connectivity index is 2.34. The molecule has 1 heterocycles. The van der Waals surface area contributed by atoms with Crippen LogP contribution in [0.1, 0.15) is 32.5 Å². The van der Waals surface area contributed by atoms with Crippen LogP contribution in [-0.4, -0.2) is 54.1 Å². The second-order valence-corrected chi connectivity index (χ2v) is 4.72. The number of guanidine groups is 1. The summed E-state index contributed by atoms with van der Waals surface area (Å²) in [5.41, 5.74) is 0. The maximum atomic E-state index is 5.04. The van der Waals surface area contributed by atoms with E-state index in [1.807, 2.05) is 0 Å². The summed E-state index contributed by atoms with van der Waals surface area (Å²) >= 11 is 0. The summed E-state index contributed by atoms with van der Waals surface area (Å²) in [6, 6.07) is 0. The quantitative estimate of drug-likeness (QED) is 0.380. The Morgan fingerprint density at radius 1 is 1.33 bits per heavy atom. The number of nitrogens with zero attached hydrogens (tertiary/aromatic N) is 4. The molecule has 0 aromatic carbocycles. The summed E-state index contributed by atoms with van der Waals surface area (Å²) in [4.78, 5) is 4.51. The van der Waals surface area contributed by atoms with E-state index in [2.05, 4.69) is 44.2 Å². The second-order valence-electron chi connectivity index (χ2n) is 4.72. The van der Waals surface area contributed by atoms with Gasteiger partial charge in [-0.1, -0.05) is 13.8 Å². The number of aromatic nitrogens is 3. The summed E-state index contributed by atoms with van der Waals surface area (Å²) in [7, 11) is 1.72. The Morgan fingerprint density at radius 3 is 2.86 bits per heavy atom. The average molecular weight is 296 g/mol. The predicted molar refractivity (Wildman–Crippen MR) is 84.5 cm³/mol. The van der Waals surface area contributed by atoms with Gasteiger partial charge in [-0.2, -0.15) is 0 Å². The molecule has 0 saturated carbocycles. The van der Waals surface area contributed by atoms with Gasteiger partial charge in [-0.05, 0) is 12.8 Å². The van der Waals surface area contributed by atoms with E-state index in [0.717, 1.165) is 63.8 Å². The van der Waals surface area contributed by atoms with Gasteiger partial charge in [-0.25, -0.2) is 0 Å². The van der Waals surface area contributed by atoms with Crippen molar-refractivity contribution in [2.24, 2.45) is 4.99 Å². The number of aliphatic imine (C=N–C) groups is 1. The molecule has 1 aromatic rings. The Hall–Kier alpha value is -1.63. The van der Waals surface area contributed by atoms with Crippen LogP contribution in [0.2, 0.25) is 0 Å². The minimum Gasteiger partial charge on any atom is -0.385 e. The van der Waals surface area contributed by atoms with E-state index >= 15 is 0 Å². The first-order valence-electron chi connectivity index (χ1n) is 7.69. The van der Waals surface area contributed by atoms with E-state index in [1.54, 1.807) is 13.4 Å². The van der Waals surface area contributed by atoms with E-state index in [1.165, 1.54) is 0 Å². The average Bonchev–Trinajstić information content (AvgIpc) is 2.95. The molecule has 2 N–H and O–H groups in total. The molecule has 0 aliphatic carbocycles. The second kappa shape index (κ2) is 11.1. The van der Waals surface area contributed by atoms with Gasteiger partial charge in [0.25, 0.3) is 0 Å². The summed E-state index contributed by atoms with van der Waals surface area (Å²) in [5, 5.41) is 14.7. The maximum Gasteiger partial charge on any atom is 0.191 e. The number of hydrogen-bond donors (Lipinski definition) is 2. The number of nitrogens with one attached hydrogen (secondary N) is 2. The van der Waals surface area contributed by atoms with Gasteiger partial charge in [0, 0.05) is 46.3 Å². The highest BCUT2D eigenvalue weighted by molar-refractivity contribution is 5.79. The fourth-order valence-electron chi connectivity index (χ4n) is 1.86. The van der Waals surface area contributed by atoms with Gasteiger partial charge in [0.1, 0.15) is 12.2 Å². The van der Waals surface area contributed by atoms with Crippen molar-refractivity contribution in [1.29, 1.82) is 0 Å². The van der Waals surface area contributed by atoms with Crippen LogP contribution in [0.5, 0.6) is 0 Å². The van der Waals surface area contributed by atoms with Gasteiger partial charge in [-0.15, -0.1) is 10.2 Å². The number of methoxy groups -OCH3 is 1. The SMILES string of the molecule is CCCN=C(NCCCOC)NCCn1cnnc1CC. The van der Waals surface area contributed by atoms with Crippen LogP contribution in [-0.2, 0) is 17.7 Å². The van der Waals surface area contributed by atoms with Crippen LogP contribution < -0.4 is 10.6 Å². The molecule has 0 spiro atoms. The van der Waals surface area contributed by atoms with Crippen LogP contribution in [0.3, 0.4) is 0 Å². The van der Waals surface area contributed by atoms with Crippen molar-refractivity contribution >= 4 is 5.96 Å². The molecular weight excluding hydrogens is 268 g/mol. The molecule has 0 radical (unpaired) electrons. The first-order valence-corrected chi connectivity index (χ1v) is 7.69. The zero-order chi connectivity index (χ0) is 15.3. The third kappa shape index (κ3) is 7.08. The number of rotatable bonds is 10. The Morgan fingerprint density at radius 2 is 2.14 bits per heavy atom. The van der Waals surface area contributed by atoms with Gasteiger partial charge in [-0.3, -0.25) is 4.99 Å². The predicted octanol–water partition coefficient (Wildman–Crippen LogP) is 0.822. The Labute approximate surface area is 127 Å². The van der Waals surface area contributed by atoms with Crippen molar-refractivity contribution in [2.45, 2.75) is 39.7 Å². The van der Waals surface area contributed by atoms with Gasteiger partial charge >= 0.3 is 0 Å². The topological polar surface area (TPSA) is 76.4 Å². The molecule has 1 aromatic heterocycles. The Bertz CT molecular complexity index is 404. The number of aryl methyl sites for hydroxylation is 1. The van der Waals surface area contributed by atoms with E-state index < -0.39 is 0 Å². The van der Waals surface area contributed by atoms with Crippen LogP contribution in [0.25, 0.3) is 0 Å². The molecule has 0 aliphatic heterocycles. The highest BCUT2D eigenvalue weighted by Crippen LogP contribution is 1.94. The normalized spacial score (nSPS) is 11.7. The number of hydrogen-bond acceptors (Lipinski definition) is 4. The van der Waals surface area contributed by atoms with Gasteiger partial charge < -0.3 is 19.9 Å². The van der Waals surface area contributed by atoms with Crippen molar-refractivity contribution < 1.29 is 4.74 Å². The van der Waals surface area contributed by atoms with Crippen molar-refractivity contribution in [1.82, 2.24) is 25.4 Å². The van der Waals surface area contributed by atoms with Crippen LogP contribution in [0.15, 0.2) is 11.3 Å². The molecule has 0 amide bonds. The van der Waals surface area contributed by atoms with Gasteiger partial charge in [0.15, 0.2) is 5.96 Å². The highest BCUT2D eigenvalue weighted by Gasteiger charge is 2.02. The van der Waals surface area contributed by atoms with Gasteiger partial charge in [0.2, 0.25) is 0 Å². The number of ether oxygens (including phenoxy) is 1. The van der Waals surface area contributed by atoms with E-state index in [0.29, 0.717) is 0 Å². The molecular formula is C14H28N6O. The fourth-order valence-corrected chi connectivity index (χ4v) is 1.86. The summed E-state index contributed by atoms with van der Waals surface area (Å²) in [6.45, 7) is 8.28. The molecule has 0 bridgehead atoms. The third-order valence-electron chi connectivity index (χ3n) is 2.97. The summed E-state index contributed by atoms with van der Waals surface area (Å²) in [6.07, 6.45) is 4.67. The molecule has 1 rings (SSSR count). The molecule has 21 heavy (non-hydrogen) atoms. The molecule has 0 saturated heterocycles. The third-order valence-corrected chi connectivity index (χ3v) is 2.97. The molecule has 0 fully saturated rings. The van der Waals surface area contributed by atoms with Crippen molar-refractivity contribution in [3.63, 3.8) is 0 Å². The first kappa shape index (κ1) is 17.4. The van der Waals surface area contributed by atoms with Crippen LogP contribution in [0.4, 0.5) is 0 Å². The van der Waals surface area contributed by atoms with Crippen LogP contribution in [0, 0.1) is 0 Å². The largest absolute Gasteiger partial charge is 0.385 e. The maximum absolute atomic E-state index is 5.04. The smallest absolute Gasteiger partial charge is 0.191 e. The van der Waals surface area contributed by atoms with Crippen molar-refractivity contribution in [3.05, 3.63) is 12.2 Å². The highest BCUT2D eigenvalue weighted by atomic mass is 16.5. The fraction of sp³-hybridized carbons (Fsp3) is 0.786. The van der Waals surface area contributed by atoms with Crippen LogP contribution >= 0.6 is 0 Å². The molecule has 0 atom stereocenters. The molecule has 120 valence electrons. The summed E-state index contributed by atoms with van der Waals surface area (Å²) < 4.78 is 7.11. The lowest BCUT2D eigenvalue weighted by molar-refractivity contribution is 0.195. The minimum atomic E-state index is 0.759. The minimum absolute atomic E-state index is 0.759. The lowest BCUT2D eigenvalue weighted by atomic mass is 10.4. The lowest BCUT2D eigenvalue weighted by Gasteiger charge is -2.13. The van der Waals surface area contributed by atoms with E-state index in [9.17, 15) is 0 Å². The zero-order valence-corrected chi connectivity index (χ0v) is 13.4. The molecule has 7 heteroatoms. The standard InChI is InChI=1S/C14H28N6O/c1-4-7-15-14(16-8-6-11-21-3)17-9-10-20-12-18-19-13(20)5-2/h12H,4-11H2,1-3H3,(H2,15,16,17). The van der Waals surface area contributed by atoms with Gasteiger partial charge in [0.05, 0.1) is 0 Å². The van der Waals surface area contributed by atoms with Crippen molar-refractivity contribution in [3.8, 4) is 0 Å². The van der Waals surface area contributed by atoms with Crippen molar-refractivity contribution in [2.75, 3.05) is 33.4 Å². The Kier molecular flexibility index (Phi) is 9.19. The molecule has 0 unspecified atom stereocenters. The zero-order valence-electron chi connectivity index (χ0n) is 13.4. The van der Waals surface area contributed by atoms with E-state index in [4.69, 9.17) is 4.74 Å². The lowest BCUT2D eigenvalue weighted by Crippen LogP contribution is -2.39. The molecule has 7 nitrogen and oxygen atoms in total. The molecule has 0 aliphatic rings. The summed E-state index contributed by atoms with van der Waals surface area (Å²) in [5.74, 6) is 1.87. The first-order chi connectivity index (χ1) is 10.3.